The minimum atomic E-state index is -0.495. The van der Waals surface area contributed by atoms with Crippen LogP contribution >= 0.6 is 0 Å². The molecule has 0 aromatic heterocycles. The summed E-state index contributed by atoms with van der Waals surface area (Å²) in [6, 6.07) is 25.7. The lowest BCUT2D eigenvalue weighted by Gasteiger charge is -2.40. The second-order valence-electron chi connectivity index (χ2n) is 7.64. The zero-order chi connectivity index (χ0) is 21.0. The third kappa shape index (κ3) is 3.52. The molecular formula is C27H28N3. The van der Waals surface area contributed by atoms with Crippen LogP contribution < -0.4 is 17.2 Å². The molecule has 6 N–H and O–H groups in total. The first kappa shape index (κ1) is 20.3. The average molecular weight is 395 g/mol. The van der Waals surface area contributed by atoms with E-state index >= 15 is 0 Å². The molecule has 0 aliphatic heterocycles. The third-order valence-electron chi connectivity index (χ3n) is 5.88. The van der Waals surface area contributed by atoms with E-state index in [2.05, 4.69) is 97.1 Å². The molecule has 0 amide bonds. The molecule has 151 valence electrons. The highest BCUT2D eigenvalue weighted by molar-refractivity contribution is 5.64. The summed E-state index contributed by atoms with van der Waals surface area (Å²) in [5, 5.41) is 0. The standard InChI is InChI=1S/C27H28N3/c28-17-20-6-3-11-24(14-20)27(23-9-1-2-10-23,25-12-4-7-21(15-25)18-29)26-13-5-8-22(16-26)19-30/h1-16H,17-19,28-30H2. The molecule has 3 heteroatoms. The minimum absolute atomic E-state index is 0.495. The molecule has 3 aromatic rings. The molecule has 30 heavy (non-hydrogen) atoms. The van der Waals surface area contributed by atoms with Gasteiger partial charge in [0.05, 0.1) is 5.41 Å². The van der Waals surface area contributed by atoms with E-state index in [1.807, 2.05) is 0 Å². The van der Waals surface area contributed by atoms with Crippen LogP contribution in [-0.4, -0.2) is 0 Å². The summed E-state index contributed by atoms with van der Waals surface area (Å²) < 4.78 is 0. The van der Waals surface area contributed by atoms with Crippen molar-refractivity contribution < 1.29 is 0 Å². The van der Waals surface area contributed by atoms with Crippen LogP contribution in [0.4, 0.5) is 0 Å². The zero-order valence-corrected chi connectivity index (χ0v) is 17.1. The smallest absolute Gasteiger partial charge is 0.0589 e. The molecule has 0 saturated carbocycles. The fourth-order valence-electron chi connectivity index (χ4n) is 4.42. The molecule has 0 bridgehead atoms. The van der Waals surface area contributed by atoms with Crippen LogP contribution in [0.2, 0.25) is 0 Å². The van der Waals surface area contributed by atoms with E-state index in [9.17, 15) is 0 Å². The van der Waals surface area contributed by atoms with Gasteiger partial charge in [-0.3, -0.25) is 0 Å². The van der Waals surface area contributed by atoms with Gasteiger partial charge in [-0.1, -0.05) is 97.1 Å². The number of rotatable bonds is 7. The second-order valence-corrected chi connectivity index (χ2v) is 7.64. The highest BCUT2D eigenvalue weighted by Crippen LogP contribution is 2.49. The summed E-state index contributed by atoms with van der Waals surface area (Å²) in [6.45, 7) is 1.49. The molecule has 1 radical (unpaired) electrons. The summed E-state index contributed by atoms with van der Waals surface area (Å²) in [7, 11) is 0. The molecular weight excluding hydrogens is 366 g/mol. The predicted octanol–water partition coefficient (Wildman–Crippen LogP) is 4.10. The predicted molar refractivity (Wildman–Crippen MR) is 124 cm³/mol. The highest BCUT2D eigenvalue weighted by atomic mass is 14.5. The van der Waals surface area contributed by atoms with Crippen LogP contribution in [0, 0.1) is 5.92 Å². The van der Waals surface area contributed by atoms with Crippen LogP contribution in [0.5, 0.6) is 0 Å². The van der Waals surface area contributed by atoms with E-state index in [1.54, 1.807) is 0 Å². The molecule has 0 fully saturated rings. The third-order valence-corrected chi connectivity index (χ3v) is 5.88. The Bertz CT molecular complexity index is 953. The van der Waals surface area contributed by atoms with Crippen molar-refractivity contribution in [1.82, 2.24) is 0 Å². The number of hydrogen-bond donors (Lipinski definition) is 3. The summed E-state index contributed by atoms with van der Waals surface area (Å²) in [6.07, 6.45) is 8.57. The Labute approximate surface area is 178 Å². The second kappa shape index (κ2) is 8.80. The summed E-state index contributed by atoms with van der Waals surface area (Å²) in [4.78, 5) is 0. The topological polar surface area (TPSA) is 78.1 Å². The van der Waals surface area contributed by atoms with Gasteiger partial charge in [0.15, 0.2) is 0 Å². The average Bonchev–Trinajstić information content (AvgIpc) is 3.35. The van der Waals surface area contributed by atoms with Crippen molar-refractivity contribution in [2.75, 3.05) is 0 Å². The molecule has 0 atom stereocenters. The Morgan fingerprint density at radius 1 is 0.533 bits per heavy atom. The molecule has 0 unspecified atom stereocenters. The molecule has 1 aliphatic rings. The molecule has 4 rings (SSSR count). The summed E-state index contributed by atoms with van der Waals surface area (Å²) in [5.41, 5.74) is 24.4. The first-order chi connectivity index (χ1) is 14.7. The van der Waals surface area contributed by atoms with E-state index in [4.69, 9.17) is 17.2 Å². The van der Waals surface area contributed by atoms with Crippen molar-refractivity contribution in [2.45, 2.75) is 25.0 Å². The monoisotopic (exact) mass is 394 g/mol. The van der Waals surface area contributed by atoms with Gasteiger partial charge in [-0.25, -0.2) is 0 Å². The molecule has 3 nitrogen and oxygen atoms in total. The van der Waals surface area contributed by atoms with Crippen molar-refractivity contribution in [3.05, 3.63) is 136 Å². The van der Waals surface area contributed by atoms with Crippen LogP contribution in [0.3, 0.4) is 0 Å². The molecule has 0 saturated heterocycles. The van der Waals surface area contributed by atoms with Crippen molar-refractivity contribution in [2.24, 2.45) is 17.2 Å². The number of benzene rings is 3. The van der Waals surface area contributed by atoms with Gasteiger partial charge in [-0.05, 0) is 33.4 Å². The van der Waals surface area contributed by atoms with Crippen molar-refractivity contribution in [3.63, 3.8) is 0 Å². The molecule has 0 spiro atoms. The van der Waals surface area contributed by atoms with Crippen molar-refractivity contribution in [3.8, 4) is 0 Å². The van der Waals surface area contributed by atoms with Gasteiger partial charge in [0.1, 0.15) is 0 Å². The quantitative estimate of drug-likeness (QED) is 0.528. The van der Waals surface area contributed by atoms with Gasteiger partial charge in [0.25, 0.3) is 0 Å². The molecule has 1 aliphatic carbocycles. The normalized spacial score (nSPS) is 13.8. The van der Waals surface area contributed by atoms with E-state index in [-0.39, 0.29) is 0 Å². The van der Waals surface area contributed by atoms with Gasteiger partial charge < -0.3 is 17.2 Å². The van der Waals surface area contributed by atoms with Crippen LogP contribution in [-0.2, 0) is 25.0 Å². The van der Waals surface area contributed by atoms with Crippen LogP contribution in [0.15, 0.2) is 97.1 Å². The maximum Gasteiger partial charge on any atom is 0.0589 e. The largest absolute Gasteiger partial charge is 0.326 e. The highest BCUT2D eigenvalue weighted by Gasteiger charge is 2.43. The lowest BCUT2D eigenvalue weighted by Crippen LogP contribution is -2.35. The van der Waals surface area contributed by atoms with E-state index < -0.39 is 5.41 Å². The molecule has 3 aromatic carbocycles. The summed E-state index contributed by atoms with van der Waals surface area (Å²) in [5.74, 6) is 1.21. The zero-order valence-electron chi connectivity index (χ0n) is 17.1. The fraction of sp³-hybridized carbons (Fsp3) is 0.148. The van der Waals surface area contributed by atoms with Crippen LogP contribution in [0.1, 0.15) is 33.4 Å². The van der Waals surface area contributed by atoms with E-state index in [0.717, 1.165) is 16.7 Å². The van der Waals surface area contributed by atoms with Gasteiger partial charge in [0, 0.05) is 25.6 Å². The lowest BCUT2D eigenvalue weighted by molar-refractivity contribution is 0.687. The first-order valence-corrected chi connectivity index (χ1v) is 10.3. The Kier molecular flexibility index (Phi) is 5.96. The first-order valence-electron chi connectivity index (χ1n) is 10.3. The maximum atomic E-state index is 6.02. The molecule has 0 heterocycles. The van der Waals surface area contributed by atoms with Crippen molar-refractivity contribution >= 4 is 0 Å². The van der Waals surface area contributed by atoms with Crippen LogP contribution in [0.25, 0.3) is 0 Å². The van der Waals surface area contributed by atoms with Gasteiger partial charge in [-0.15, -0.1) is 0 Å². The fourth-order valence-corrected chi connectivity index (χ4v) is 4.42. The number of hydrogen-bond acceptors (Lipinski definition) is 3. The Hall–Kier alpha value is -2.98. The van der Waals surface area contributed by atoms with Crippen molar-refractivity contribution in [1.29, 1.82) is 0 Å². The number of allylic oxidation sites excluding steroid dienone is 4. The van der Waals surface area contributed by atoms with E-state index in [1.165, 1.54) is 22.6 Å². The van der Waals surface area contributed by atoms with Gasteiger partial charge in [0.2, 0.25) is 0 Å². The minimum Gasteiger partial charge on any atom is -0.326 e. The lowest BCUT2D eigenvalue weighted by atomic mass is 9.61. The Morgan fingerprint density at radius 3 is 1.23 bits per heavy atom. The summed E-state index contributed by atoms with van der Waals surface area (Å²) >= 11 is 0. The SMILES string of the molecule is NCc1cccc(C([C]2C=CC=C2)(c2cccc(CN)c2)c2cccc(CN)c2)c1. The Morgan fingerprint density at radius 2 is 0.900 bits per heavy atom. The van der Waals surface area contributed by atoms with Gasteiger partial charge >= 0.3 is 0 Å². The maximum absolute atomic E-state index is 6.02. The van der Waals surface area contributed by atoms with Gasteiger partial charge in [-0.2, -0.15) is 0 Å². The number of nitrogens with two attached hydrogens (primary N) is 3. The van der Waals surface area contributed by atoms with E-state index in [0.29, 0.717) is 19.6 Å². The Balaban J connectivity index is 2.09.